The van der Waals surface area contributed by atoms with Gasteiger partial charge in [0.25, 0.3) is 0 Å². The lowest BCUT2D eigenvalue weighted by molar-refractivity contribution is -0.119. The van der Waals surface area contributed by atoms with Gasteiger partial charge in [-0.15, -0.1) is 0 Å². The Morgan fingerprint density at radius 3 is 2.44 bits per heavy atom. The smallest absolute Gasteiger partial charge is 0.224 e. The molecule has 0 atom stereocenters. The number of likely N-dealkylation sites (N-methyl/N-ethyl adjacent to an activating group) is 1. The van der Waals surface area contributed by atoms with Crippen molar-refractivity contribution < 1.29 is 9.53 Å². The van der Waals surface area contributed by atoms with Crippen LogP contribution in [0.2, 0.25) is 0 Å². The first kappa shape index (κ1) is 12.2. The summed E-state index contributed by atoms with van der Waals surface area (Å²) in [6, 6.07) is 17.1. The number of hydrogen-bond donors (Lipinski definition) is 1. The molecule has 0 aliphatic heterocycles. The number of amides is 1. The van der Waals surface area contributed by atoms with Gasteiger partial charge in [-0.1, -0.05) is 36.4 Å². The molecule has 0 radical (unpaired) electrons. The van der Waals surface area contributed by atoms with E-state index in [0.717, 1.165) is 11.3 Å². The first-order valence-electron chi connectivity index (χ1n) is 5.81. The van der Waals surface area contributed by atoms with E-state index < -0.39 is 0 Å². The molecule has 1 amide bonds. The summed E-state index contributed by atoms with van der Waals surface area (Å²) < 4.78 is 5.77. The third kappa shape index (κ3) is 3.10. The largest absolute Gasteiger partial charge is 0.457 e. The molecule has 0 saturated carbocycles. The highest BCUT2D eigenvalue weighted by atomic mass is 16.5. The number of hydrogen-bond acceptors (Lipinski definition) is 2. The minimum atomic E-state index is -0.0286. The number of para-hydroxylation sites is 2. The van der Waals surface area contributed by atoms with Crippen molar-refractivity contribution >= 4 is 5.91 Å². The van der Waals surface area contributed by atoms with Crippen molar-refractivity contribution in [3.05, 3.63) is 60.2 Å². The summed E-state index contributed by atoms with van der Waals surface area (Å²) in [5.74, 6) is 1.45. The second kappa shape index (κ2) is 5.87. The summed E-state index contributed by atoms with van der Waals surface area (Å²) in [5, 5.41) is 2.61. The third-order valence-electron chi connectivity index (χ3n) is 2.57. The summed E-state index contributed by atoms with van der Waals surface area (Å²) in [6.45, 7) is 0. The summed E-state index contributed by atoms with van der Waals surface area (Å²) in [5.41, 5.74) is 0.876. The van der Waals surface area contributed by atoms with E-state index in [-0.39, 0.29) is 5.91 Å². The number of ether oxygens (including phenoxy) is 1. The first-order valence-corrected chi connectivity index (χ1v) is 5.81. The van der Waals surface area contributed by atoms with Crippen LogP contribution in [0.4, 0.5) is 0 Å². The minimum absolute atomic E-state index is 0.0286. The van der Waals surface area contributed by atoms with Crippen LogP contribution in [-0.4, -0.2) is 13.0 Å². The van der Waals surface area contributed by atoms with Gasteiger partial charge in [-0.2, -0.15) is 0 Å². The highest BCUT2D eigenvalue weighted by molar-refractivity contribution is 5.79. The Bertz CT molecular complexity index is 523. The summed E-state index contributed by atoms with van der Waals surface area (Å²) >= 11 is 0. The van der Waals surface area contributed by atoms with E-state index in [1.54, 1.807) is 7.05 Å². The predicted molar refractivity (Wildman–Crippen MR) is 70.7 cm³/mol. The number of nitrogens with one attached hydrogen (secondary N) is 1. The SMILES string of the molecule is CNC(=O)Cc1ccccc1Oc1ccccc1. The van der Waals surface area contributed by atoms with Crippen molar-refractivity contribution in [2.24, 2.45) is 0 Å². The van der Waals surface area contributed by atoms with Crippen LogP contribution in [-0.2, 0) is 11.2 Å². The number of rotatable bonds is 4. The zero-order valence-corrected chi connectivity index (χ0v) is 10.2. The van der Waals surface area contributed by atoms with Gasteiger partial charge in [-0.05, 0) is 18.2 Å². The number of carbonyl (C=O) groups excluding carboxylic acids is 1. The monoisotopic (exact) mass is 241 g/mol. The van der Waals surface area contributed by atoms with E-state index in [2.05, 4.69) is 5.32 Å². The highest BCUT2D eigenvalue weighted by Gasteiger charge is 2.07. The summed E-state index contributed by atoms with van der Waals surface area (Å²) in [7, 11) is 1.63. The standard InChI is InChI=1S/C15H15NO2/c1-16-15(17)11-12-7-5-6-10-14(12)18-13-8-3-2-4-9-13/h2-10H,11H2,1H3,(H,16,17). The lowest BCUT2D eigenvalue weighted by Crippen LogP contribution is -2.20. The van der Waals surface area contributed by atoms with Gasteiger partial charge in [0.1, 0.15) is 11.5 Å². The Kier molecular flexibility index (Phi) is 3.97. The van der Waals surface area contributed by atoms with Crippen LogP contribution in [0.5, 0.6) is 11.5 Å². The molecule has 0 aliphatic carbocycles. The molecule has 3 nitrogen and oxygen atoms in total. The molecule has 0 saturated heterocycles. The summed E-state index contributed by atoms with van der Waals surface area (Å²) in [6.07, 6.45) is 0.319. The maximum atomic E-state index is 11.4. The average Bonchev–Trinajstić information content (AvgIpc) is 2.42. The fourth-order valence-corrected chi connectivity index (χ4v) is 1.63. The molecular formula is C15H15NO2. The molecule has 18 heavy (non-hydrogen) atoms. The molecule has 2 rings (SSSR count). The van der Waals surface area contributed by atoms with Crippen LogP contribution in [0.25, 0.3) is 0 Å². The molecule has 92 valence electrons. The maximum Gasteiger partial charge on any atom is 0.224 e. The Hall–Kier alpha value is -2.29. The van der Waals surface area contributed by atoms with Gasteiger partial charge in [0.15, 0.2) is 0 Å². The number of benzene rings is 2. The van der Waals surface area contributed by atoms with E-state index in [1.807, 2.05) is 54.6 Å². The fourth-order valence-electron chi connectivity index (χ4n) is 1.63. The zero-order valence-electron chi connectivity index (χ0n) is 10.2. The molecular weight excluding hydrogens is 226 g/mol. The molecule has 0 aromatic heterocycles. The first-order chi connectivity index (χ1) is 8.79. The van der Waals surface area contributed by atoms with E-state index in [9.17, 15) is 4.79 Å². The van der Waals surface area contributed by atoms with E-state index in [0.29, 0.717) is 12.2 Å². The van der Waals surface area contributed by atoms with Crippen LogP contribution < -0.4 is 10.1 Å². The zero-order chi connectivity index (χ0) is 12.8. The van der Waals surface area contributed by atoms with Crippen molar-refractivity contribution in [2.75, 3.05) is 7.05 Å². The Morgan fingerprint density at radius 2 is 1.72 bits per heavy atom. The van der Waals surface area contributed by atoms with Gasteiger partial charge >= 0.3 is 0 Å². The Balaban J connectivity index is 2.20. The lowest BCUT2D eigenvalue weighted by Gasteiger charge is -2.10. The van der Waals surface area contributed by atoms with E-state index in [4.69, 9.17) is 4.74 Å². The van der Waals surface area contributed by atoms with Crippen LogP contribution in [0, 0.1) is 0 Å². The third-order valence-corrected chi connectivity index (χ3v) is 2.57. The number of carbonyl (C=O) groups is 1. The van der Waals surface area contributed by atoms with Crippen LogP contribution in [0.15, 0.2) is 54.6 Å². The maximum absolute atomic E-state index is 11.4. The topological polar surface area (TPSA) is 38.3 Å². The average molecular weight is 241 g/mol. The van der Waals surface area contributed by atoms with Crippen LogP contribution in [0.1, 0.15) is 5.56 Å². The predicted octanol–water partition coefficient (Wildman–Crippen LogP) is 2.77. The highest BCUT2D eigenvalue weighted by Crippen LogP contribution is 2.25. The van der Waals surface area contributed by atoms with Gasteiger partial charge in [0.05, 0.1) is 6.42 Å². The Morgan fingerprint density at radius 1 is 1.06 bits per heavy atom. The molecule has 3 heteroatoms. The van der Waals surface area contributed by atoms with Gasteiger partial charge < -0.3 is 10.1 Å². The van der Waals surface area contributed by atoms with Crippen molar-refractivity contribution in [3.8, 4) is 11.5 Å². The molecule has 0 fully saturated rings. The molecule has 0 unspecified atom stereocenters. The second-order valence-electron chi connectivity index (χ2n) is 3.87. The molecule has 2 aromatic rings. The van der Waals surface area contributed by atoms with Crippen molar-refractivity contribution in [2.45, 2.75) is 6.42 Å². The van der Waals surface area contributed by atoms with Crippen molar-refractivity contribution in [1.82, 2.24) is 5.32 Å². The van der Waals surface area contributed by atoms with E-state index in [1.165, 1.54) is 0 Å². The lowest BCUT2D eigenvalue weighted by atomic mass is 10.1. The second-order valence-corrected chi connectivity index (χ2v) is 3.87. The summed E-state index contributed by atoms with van der Waals surface area (Å²) in [4.78, 5) is 11.4. The van der Waals surface area contributed by atoms with Crippen molar-refractivity contribution in [1.29, 1.82) is 0 Å². The quantitative estimate of drug-likeness (QED) is 0.893. The Labute approximate surface area is 106 Å². The molecule has 0 bridgehead atoms. The van der Waals surface area contributed by atoms with Gasteiger partial charge in [0.2, 0.25) is 5.91 Å². The van der Waals surface area contributed by atoms with Crippen molar-refractivity contribution in [3.63, 3.8) is 0 Å². The molecule has 2 aromatic carbocycles. The van der Waals surface area contributed by atoms with Gasteiger partial charge in [-0.3, -0.25) is 4.79 Å². The van der Waals surface area contributed by atoms with Gasteiger partial charge in [0, 0.05) is 12.6 Å². The van der Waals surface area contributed by atoms with E-state index >= 15 is 0 Å². The fraction of sp³-hybridized carbons (Fsp3) is 0.133. The molecule has 0 aliphatic rings. The molecule has 1 N–H and O–H groups in total. The molecule has 0 spiro atoms. The normalized spacial score (nSPS) is 9.83. The minimum Gasteiger partial charge on any atom is -0.457 e. The van der Waals surface area contributed by atoms with Gasteiger partial charge in [-0.25, -0.2) is 0 Å². The van der Waals surface area contributed by atoms with Crippen LogP contribution >= 0.6 is 0 Å². The molecule has 0 heterocycles. The van der Waals surface area contributed by atoms with Crippen LogP contribution in [0.3, 0.4) is 0 Å².